The van der Waals surface area contributed by atoms with Crippen LogP contribution in [0.25, 0.3) is 5.69 Å². The Bertz CT molecular complexity index is 801. The molecule has 0 aliphatic rings. The minimum Gasteiger partial charge on any atom is -0.497 e. The van der Waals surface area contributed by atoms with Crippen molar-refractivity contribution in [1.82, 2.24) is 25.5 Å². The van der Waals surface area contributed by atoms with Gasteiger partial charge in [0.05, 0.1) is 12.8 Å². The Morgan fingerprint density at radius 2 is 1.80 bits per heavy atom. The minimum absolute atomic E-state index is 0.0552. The first-order chi connectivity index (χ1) is 12.2. The fraction of sp³-hybridized carbons (Fsp3) is 0.176. The number of methoxy groups -OCH3 is 1. The van der Waals surface area contributed by atoms with Crippen LogP contribution in [0.15, 0.2) is 54.9 Å². The molecule has 0 saturated carbocycles. The molecule has 0 spiro atoms. The Balaban J connectivity index is 1.45. The minimum atomic E-state index is -0.194. The molecule has 0 unspecified atom stereocenters. The fourth-order valence-electron chi connectivity index (χ4n) is 2.12. The largest absolute Gasteiger partial charge is 0.497 e. The van der Waals surface area contributed by atoms with E-state index in [1.54, 1.807) is 31.4 Å². The maximum atomic E-state index is 11.9. The third kappa shape index (κ3) is 4.54. The van der Waals surface area contributed by atoms with Gasteiger partial charge in [-0.1, -0.05) is 12.1 Å². The van der Waals surface area contributed by atoms with Crippen LogP contribution in [-0.2, 0) is 11.3 Å². The Morgan fingerprint density at radius 1 is 1.08 bits per heavy atom. The van der Waals surface area contributed by atoms with Gasteiger partial charge in [0, 0.05) is 6.54 Å². The summed E-state index contributed by atoms with van der Waals surface area (Å²) >= 11 is 0. The molecule has 0 aliphatic heterocycles. The molecule has 3 aromatic rings. The second-order valence-corrected chi connectivity index (χ2v) is 5.16. The van der Waals surface area contributed by atoms with Crippen molar-refractivity contribution in [2.24, 2.45) is 0 Å². The van der Waals surface area contributed by atoms with Crippen molar-refractivity contribution < 1.29 is 14.3 Å². The van der Waals surface area contributed by atoms with Crippen molar-refractivity contribution >= 4 is 5.91 Å². The summed E-state index contributed by atoms with van der Waals surface area (Å²) in [4.78, 5) is 11.9. The van der Waals surface area contributed by atoms with Crippen LogP contribution >= 0.6 is 0 Å². The van der Waals surface area contributed by atoms with E-state index >= 15 is 0 Å². The highest BCUT2D eigenvalue weighted by molar-refractivity contribution is 5.77. The number of carbonyl (C=O) groups excluding carboxylic acids is 1. The summed E-state index contributed by atoms with van der Waals surface area (Å²) in [5.74, 6) is 1.18. The lowest BCUT2D eigenvalue weighted by Crippen LogP contribution is -2.28. The van der Waals surface area contributed by atoms with Crippen LogP contribution in [0.5, 0.6) is 11.5 Å². The van der Waals surface area contributed by atoms with Crippen LogP contribution in [0, 0.1) is 0 Å². The van der Waals surface area contributed by atoms with Gasteiger partial charge in [-0.3, -0.25) is 4.79 Å². The van der Waals surface area contributed by atoms with Gasteiger partial charge in [-0.25, -0.2) is 4.68 Å². The highest BCUT2D eigenvalue weighted by Crippen LogP contribution is 2.14. The smallest absolute Gasteiger partial charge is 0.258 e. The monoisotopic (exact) mass is 339 g/mol. The summed E-state index contributed by atoms with van der Waals surface area (Å²) in [6.45, 7) is 0.380. The Hall–Kier alpha value is -3.42. The van der Waals surface area contributed by atoms with Gasteiger partial charge in [-0.15, -0.1) is 5.10 Å². The van der Waals surface area contributed by atoms with Crippen molar-refractivity contribution in [3.63, 3.8) is 0 Å². The SMILES string of the molecule is COc1ccc(CNC(=O)COc2ccc(-n3cnnn3)cc2)cc1. The van der Waals surface area contributed by atoms with Gasteiger partial charge in [-0.2, -0.15) is 0 Å². The van der Waals surface area contributed by atoms with Crippen molar-refractivity contribution in [3.8, 4) is 17.2 Å². The van der Waals surface area contributed by atoms with Crippen molar-refractivity contribution in [3.05, 3.63) is 60.4 Å². The highest BCUT2D eigenvalue weighted by Gasteiger charge is 2.04. The van der Waals surface area contributed by atoms with Gasteiger partial charge in [0.25, 0.3) is 5.91 Å². The van der Waals surface area contributed by atoms with Gasteiger partial charge in [0.1, 0.15) is 17.8 Å². The average molecular weight is 339 g/mol. The molecule has 0 fully saturated rings. The van der Waals surface area contributed by atoms with Crippen molar-refractivity contribution in [1.29, 1.82) is 0 Å². The maximum Gasteiger partial charge on any atom is 0.258 e. The molecule has 8 heteroatoms. The molecule has 0 atom stereocenters. The average Bonchev–Trinajstić information content (AvgIpc) is 3.20. The van der Waals surface area contributed by atoms with E-state index in [2.05, 4.69) is 20.8 Å². The molecule has 25 heavy (non-hydrogen) atoms. The number of tetrazole rings is 1. The van der Waals surface area contributed by atoms with E-state index < -0.39 is 0 Å². The summed E-state index contributed by atoms with van der Waals surface area (Å²) in [5.41, 5.74) is 1.79. The van der Waals surface area contributed by atoms with Crippen LogP contribution in [-0.4, -0.2) is 39.8 Å². The van der Waals surface area contributed by atoms with Crippen LogP contribution < -0.4 is 14.8 Å². The van der Waals surface area contributed by atoms with Gasteiger partial charge in [0.2, 0.25) is 0 Å². The molecule has 3 rings (SSSR count). The van der Waals surface area contributed by atoms with E-state index in [9.17, 15) is 4.79 Å². The summed E-state index contributed by atoms with van der Waals surface area (Å²) in [6.07, 6.45) is 1.50. The van der Waals surface area contributed by atoms with E-state index in [0.29, 0.717) is 12.3 Å². The number of hydrogen-bond donors (Lipinski definition) is 1. The van der Waals surface area contributed by atoms with Gasteiger partial charge < -0.3 is 14.8 Å². The van der Waals surface area contributed by atoms with E-state index in [1.165, 1.54) is 11.0 Å². The van der Waals surface area contributed by atoms with Gasteiger partial charge in [-0.05, 0) is 52.4 Å². The number of rotatable bonds is 7. The van der Waals surface area contributed by atoms with Crippen LogP contribution in [0.2, 0.25) is 0 Å². The molecule has 128 valence electrons. The van der Waals surface area contributed by atoms with E-state index in [4.69, 9.17) is 9.47 Å². The fourth-order valence-corrected chi connectivity index (χ4v) is 2.12. The van der Waals surface area contributed by atoms with Crippen LogP contribution in [0.3, 0.4) is 0 Å². The molecule has 8 nitrogen and oxygen atoms in total. The standard InChI is InChI=1S/C17H17N5O3/c1-24-15-6-2-13(3-7-15)10-18-17(23)11-25-16-8-4-14(5-9-16)22-12-19-20-21-22/h2-9,12H,10-11H2,1H3,(H,18,23). The number of amides is 1. The number of nitrogens with zero attached hydrogens (tertiary/aromatic N) is 4. The first-order valence-electron chi connectivity index (χ1n) is 7.60. The highest BCUT2D eigenvalue weighted by atomic mass is 16.5. The number of benzene rings is 2. The number of aromatic nitrogens is 4. The third-order valence-corrected chi connectivity index (χ3v) is 3.47. The molecule has 0 saturated heterocycles. The first kappa shape index (κ1) is 16.4. The summed E-state index contributed by atoms with van der Waals surface area (Å²) in [7, 11) is 1.61. The normalized spacial score (nSPS) is 10.3. The second-order valence-electron chi connectivity index (χ2n) is 5.16. The predicted molar refractivity (Wildman–Crippen MR) is 89.5 cm³/mol. The van der Waals surface area contributed by atoms with E-state index in [1.807, 2.05) is 24.3 Å². The molecular weight excluding hydrogens is 322 g/mol. The molecule has 0 bridgehead atoms. The lowest BCUT2D eigenvalue weighted by molar-refractivity contribution is -0.123. The number of ether oxygens (including phenoxy) is 2. The second kappa shape index (κ2) is 7.91. The molecule has 2 aromatic carbocycles. The lowest BCUT2D eigenvalue weighted by atomic mass is 10.2. The number of nitrogens with one attached hydrogen (secondary N) is 1. The zero-order chi connectivity index (χ0) is 17.5. The summed E-state index contributed by atoms with van der Waals surface area (Å²) in [5, 5.41) is 13.8. The molecule has 0 radical (unpaired) electrons. The zero-order valence-electron chi connectivity index (χ0n) is 13.6. The molecule has 0 aliphatic carbocycles. The molecule has 1 heterocycles. The number of hydrogen-bond acceptors (Lipinski definition) is 6. The lowest BCUT2D eigenvalue weighted by Gasteiger charge is -2.08. The van der Waals surface area contributed by atoms with E-state index in [0.717, 1.165) is 17.0 Å². The molecule has 1 N–H and O–H groups in total. The predicted octanol–water partition coefficient (Wildman–Crippen LogP) is 1.37. The van der Waals surface area contributed by atoms with Gasteiger partial charge in [0.15, 0.2) is 6.61 Å². The van der Waals surface area contributed by atoms with Crippen molar-refractivity contribution in [2.75, 3.05) is 13.7 Å². The van der Waals surface area contributed by atoms with Crippen molar-refractivity contribution in [2.45, 2.75) is 6.54 Å². The Labute approximate surface area is 144 Å². The van der Waals surface area contributed by atoms with E-state index in [-0.39, 0.29) is 12.5 Å². The molecule has 1 aromatic heterocycles. The molecular formula is C17H17N5O3. The molecule has 1 amide bonds. The van der Waals surface area contributed by atoms with Crippen LogP contribution in [0.4, 0.5) is 0 Å². The summed E-state index contributed by atoms with van der Waals surface area (Å²) < 4.78 is 12.1. The van der Waals surface area contributed by atoms with Crippen LogP contribution in [0.1, 0.15) is 5.56 Å². The number of carbonyl (C=O) groups is 1. The van der Waals surface area contributed by atoms with Gasteiger partial charge >= 0.3 is 0 Å². The maximum absolute atomic E-state index is 11.9. The Kier molecular flexibility index (Phi) is 5.20. The third-order valence-electron chi connectivity index (χ3n) is 3.47. The zero-order valence-corrected chi connectivity index (χ0v) is 13.6. The summed E-state index contributed by atoms with van der Waals surface area (Å²) in [6, 6.07) is 14.6. The first-order valence-corrected chi connectivity index (χ1v) is 7.60. The Morgan fingerprint density at radius 3 is 2.44 bits per heavy atom. The quantitative estimate of drug-likeness (QED) is 0.699. The topological polar surface area (TPSA) is 91.2 Å².